The molecule has 0 unspecified atom stereocenters. The van der Waals surface area contributed by atoms with Gasteiger partial charge in [-0.1, -0.05) is 24.3 Å². The highest BCUT2D eigenvalue weighted by molar-refractivity contribution is 7.13. The zero-order valence-corrected chi connectivity index (χ0v) is 19.8. The first kappa shape index (κ1) is 22.6. The average molecular weight is 462 g/mol. The van der Waals surface area contributed by atoms with Crippen LogP contribution in [0.5, 0.6) is 11.5 Å². The molecule has 4 aromatic rings. The fourth-order valence-corrected chi connectivity index (χ4v) is 4.40. The van der Waals surface area contributed by atoms with E-state index in [2.05, 4.69) is 6.07 Å². The van der Waals surface area contributed by atoms with Crippen molar-refractivity contribution < 1.29 is 14.3 Å². The van der Waals surface area contributed by atoms with E-state index >= 15 is 0 Å². The number of nitrogens with zero attached hydrogens (tertiary/aromatic N) is 3. The molecular formula is C26H27N3O3S. The summed E-state index contributed by atoms with van der Waals surface area (Å²) in [5.41, 5.74) is 3.91. The highest BCUT2D eigenvalue weighted by atomic mass is 32.1. The maximum Gasteiger partial charge on any atom is 0.222 e. The molecule has 0 atom stereocenters. The van der Waals surface area contributed by atoms with E-state index in [-0.39, 0.29) is 5.91 Å². The lowest BCUT2D eigenvalue weighted by atomic mass is 10.1. The van der Waals surface area contributed by atoms with Gasteiger partial charge in [-0.2, -0.15) is 5.10 Å². The topological polar surface area (TPSA) is 56.6 Å². The molecule has 0 saturated carbocycles. The fourth-order valence-electron chi connectivity index (χ4n) is 3.66. The molecule has 4 rings (SSSR count). The zero-order chi connectivity index (χ0) is 23.2. The second-order valence-corrected chi connectivity index (χ2v) is 8.68. The summed E-state index contributed by atoms with van der Waals surface area (Å²) >= 11 is 1.65. The Bertz CT molecular complexity index is 1180. The third kappa shape index (κ3) is 5.43. The van der Waals surface area contributed by atoms with Crippen molar-refractivity contribution in [3.63, 3.8) is 0 Å². The number of ether oxygens (including phenoxy) is 2. The lowest BCUT2D eigenvalue weighted by Crippen LogP contribution is -2.26. The van der Waals surface area contributed by atoms with Crippen molar-refractivity contribution in [1.82, 2.24) is 14.7 Å². The van der Waals surface area contributed by atoms with Gasteiger partial charge in [0.25, 0.3) is 0 Å². The summed E-state index contributed by atoms with van der Waals surface area (Å²) in [6, 6.07) is 19.8. The second kappa shape index (κ2) is 10.4. The fraction of sp³-hybridized carbons (Fsp3) is 0.231. The molecule has 2 heterocycles. The Morgan fingerprint density at radius 3 is 2.39 bits per heavy atom. The number of rotatable bonds is 9. The summed E-state index contributed by atoms with van der Waals surface area (Å²) in [7, 11) is 5.09. The van der Waals surface area contributed by atoms with Crippen molar-refractivity contribution >= 4 is 17.2 Å². The number of para-hydroxylation sites is 1. The van der Waals surface area contributed by atoms with E-state index < -0.39 is 0 Å². The number of carbonyl (C=O) groups excluding carboxylic acids is 1. The van der Waals surface area contributed by atoms with Gasteiger partial charge in [-0.25, -0.2) is 4.68 Å². The van der Waals surface area contributed by atoms with E-state index in [0.29, 0.717) is 19.4 Å². The molecule has 2 aromatic heterocycles. The molecule has 1 amide bonds. The van der Waals surface area contributed by atoms with E-state index in [1.165, 1.54) is 0 Å². The number of benzene rings is 2. The third-order valence-electron chi connectivity index (χ3n) is 5.44. The van der Waals surface area contributed by atoms with Crippen molar-refractivity contribution in [3.8, 4) is 27.8 Å². The van der Waals surface area contributed by atoms with Crippen LogP contribution in [0.15, 0.2) is 72.2 Å². The number of aryl methyl sites for hydroxylation is 1. The second-order valence-electron chi connectivity index (χ2n) is 7.73. The van der Waals surface area contributed by atoms with Crippen molar-refractivity contribution in [2.24, 2.45) is 0 Å². The Hall–Kier alpha value is -3.58. The van der Waals surface area contributed by atoms with Crippen molar-refractivity contribution in [2.75, 3.05) is 21.3 Å². The number of hydrogen-bond donors (Lipinski definition) is 0. The van der Waals surface area contributed by atoms with Crippen molar-refractivity contribution in [3.05, 3.63) is 83.4 Å². The van der Waals surface area contributed by atoms with Gasteiger partial charge in [0.05, 0.1) is 24.8 Å². The molecule has 6 nitrogen and oxygen atoms in total. The molecule has 7 heteroatoms. The largest absolute Gasteiger partial charge is 0.497 e. The van der Waals surface area contributed by atoms with Crippen molar-refractivity contribution in [1.29, 1.82) is 0 Å². The molecule has 0 fully saturated rings. The minimum atomic E-state index is 0.0707. The number of amides is 1. The molecule has 0 bridgehead atoms. The lowest BCUT2D eigenvalue weighted by molar-refractivity contribution is -0.130. The molecule has 33 heavy (non-hydrogen) atoms. The van der Waals surface area contributed by atoms with Gasteiger partial charge in [0.15, 0.2) is 0 Å². The van der Waals surface area contributed by atoms with Crippen LogP contribution in [0.25, 0.3) is 16.3 Å². The highest BCUT2D eigenvalue weighted by Gasteiger charge is 2.17. The Kier molecular flexibility index (Phi) is 7.10. The summed E-state index contributed by atoms with van der Waals surface area (Å²) in [5, 5.41) is 6.87. The summed E-state index contributed by atoms with van der Waals surface area (Å²) in [4.78, 5) is 15.8. The van der Waals surface area contributed by atoms with E-state index in [0.717, 1.165) is 38.9 Å². The SMILES string of the molecule is COc1cc(CCC(=O)N(C)Cc2cn(-c3ccccc3)nc2-c2cccs2)cc(OC)c1. The first-order valence-electron chi connectivity index (χ1n) is 10.7. The van der Waals surface area contributed by atoms with Gasteiger partial charge in [-0.15, -0.1) is 11.3 Å². The number of carbonyl (C=O) groups is 1. The predicted molar refractivity (Wildman–Crippen MR) is 131 cm³/mol. The molecule has 0 N–H and O–H groups in total. The number of hydrogen-bond acceptors (Lipinski definition) is 5. The smallest absolute Gasteiger partial charge is 0.222 e. The van der Waals surface area contributed by atoms with Crippen LogP contribution in [0.2, 0.25) is 0 Å². The van der Waals surface area contributed by atoms with E-state index in [9.17, 15) is 4.79 Å². The minimum Gasteiger partial charge on any atom is -0.497 e. The lowest BCUT2D eigenvalue weighted by Gasteiger charge is -2.17. The molecule has 2 aromatic carbocycles. The summed E-state index contributed by atoms with van der Waals surface area (Å²) in [6.07, 6.45) is 3.02. The van der Waals surface area contributed by atoms with Crippen LogP contribution in [0, 0.1) is 0 Å². The first-order valence-corrected chi connectivity index (χ1v) is 11.6. The monoisotopic (exact) mass is 461 g/mol. The zero-order valence-electron chi connectivity index (χ0n) is 19.0. The van der Waals surface area contributed by atoms with Gasteiger partial charge in [0, 0.05) is 37.8 Å². The molecule has 0 aliphatic carbocycles. The molecule has 0 aliphatic rings. The Balaban J connectivity index is 1.49. The van der Waals surface area contributed by atoms with Gasteiger partial charge < -0.3 is 14.4 Å². The molecule has 0 saturated heterocycles. The Morgan fingerprint density at radius 1 is 1.03 bits per heavy atom. The summed E-state index contributed by atoms with van der Waals surface area (Å²) in [6.45, 7) is 0.486. The minimum absolute atomic E-state index is 0.0707. The van der Waals surface area contributed by atoms with Crippen LogP contribution >= 0.6 is 11.3 Å². The van der Waals surface area contributed by atoms with Crippen molar-refractivity contribution in [2.45, 2.75) is 19.4 Å². The summed E-state index contributed by atoms with van der Waals surface area (Å²) < 4.78 is 12.5. The van der Waals surface area contributed by atoms with E-state index in [4.69, 9.17) is 14.6 Å². The predicted octanol–water partition coefficient (Wildman–Crippen LogP) is 5.21. The Morgan fingerprint density at radius 2 is 1.76 bits per heavy atom. The standard InChI is InChI=1S/C26H27N3O3S/c1-28(25(30)12-11-19-14-22(31-2)16-23(15-19)32-3)17-20-18-29(21-8-5-4-6-9-21)27-26(20)24-10-7-13-33-24/h4-10,13-16,18H,11-12,17H2,1-3H3. The van der Waals surface area contributed by atoms with Gasteiger partial charge >= 0.3 is 0 Å². The van der Waals surface area contributed by atoms with Gasteiger partial charge in [0.1, 0.15) is 17.2 Å². The van der Waals surface area contributed by atoms with E-state index in [1.54, 1.807) is 30.5 Å². The molecule has 0 spiro atoms. The highest BCUT2D eigenvalue weighted by Crippen LogP contribution is 2.29. The number of methoxy groups -OCH3 is 2. The molecule has 0 aliphatic heterocycles. The van der Waals surface area contributed by atoms with Crippen LogP contribution in [0.1, 0.15) is 17.5 Å². The molecule has 0 radical (unpaired) electrons. The third-order valence-corrected chi connectivity index (χ3v) is 6.31. The maximum absolute atomic E-state index is 12.9. The quantitative estimate of drug-likeness (QED) is 0.343. The van der Waals surface area contributed by atoms with Gasteiger partial charge in [-0.05, 0) is 47.7 Å². The van der Waals surface area contributed by atoms with Crippen LogP contribution in [-0.2, 0) is 17.8 Å². The van der Waals surface area contributed by atoms with E-state index in [1.807, 2.05) is 77.9 Å². The Labute approximate surface area is 198 Å². The maximum atomic E-state index is 12.9. The van der Waals surface area contributed by atoms with Gasteiger partial charge in [-0.3, -0.25) is 4.79 Å². The van der Waals surface area contributed by atoms with Crippen LogP contribution in [0.4, 0.5) is 0 Å². The number of aromatic nitrogens is 2. The van der Waals surface area contributed by atoms with Crippen LogP contribution in [-0.4, -0.2) is 41.9 Å². The van der Waals surface area contributed by atoms with Crippen LogP contribution < -0.4 is 9.47 Å². The first-order chi connectivity index (χ1) is 16.1. The summed E-state index contributed by atoms with van der Waals surface area (Å²) in [5.74, 6) is 1.51. The molecular weight excluding hydrogens is 434 g/mol. The van der Waals surface area contributed by atoms with Crippen LogP contribution in [0.3, 0.4) is 0 Å². The number of thiophene rings is 1. The molecule has 170 valence electrons. The normalized spacial score (nSPS) is 10.8. The van der Waals surface area contributed by atoms with Gasteiger partial charge in [0.2, 0.25) is 5.91 Å². The average Bonchev–Trinajstić information content (AvgIpc) is 3.53.